The van der Waals surface area contributed by atoms with Gasteiger partial charge in [0.2, 0.25) is 5.89 Å². The van der Waals surface area contributed by atoms with E-state index in [1.807, 2.05) is 0 Å². The Hall–Kier alpha value is -0.900. The molecule has 0 aliphatic heterocycles. The predicted molar refractivity (Wildman–Crippen MR) is 69.3 cm³/mol. The van der Waals surface area contributed by atoms with Gasteiger partial charge in [-0.25, -0.2) is 0 Å². The molecule has 4 nitrogen and oxygen atoms in total. The molecule has 2 aliphatic carbocycles. The lowest BCUT2D eigenvalue weighted by atomic mass is 9.86. The summed E-state index contributed by atoms with van der Waals surface area (Å²) in [6, 6.07) is 0.377. The Kier molecular flexibility index (Phi) is 3.64. The zero-order valence-corrected chi connectivity index (χ0v) is 11.0. The van der Waals surface area contributed by atoms with Crippen LogP contribution < -0.4 is 5.73 Å². The van der Waals surface area contributed by atoms with Crippen molar-refractivity contribution in [2.45, 2.75) is 75.7 Å². The van der Waals surface area contributed by atoms with Gasteiger partial charge in [0, 0.05) is 17.9 Å². The molecule has 0 aromatic carbocycles. The Labute approximate surface area is 108 Å². The Morgan fingerprint density at radius 2 is 1.61 bits per heavy atom. The minimum Gasteiger partial charge on any atom is -0.339 e. The molecule has 100 valence electrons. The highest BCUT2D eigenvalue weighted by Crippen LogP contribution is 2.34. The molecule has 2 fully saturated rings. The smallest absolute Gasteiger partial charge is 0.229 e. The second kappa shape index (κ2) is 5.39. The average molecular weight is 249 g/mol. The largest absolute Gasteiger partial charge is 0.339 e. The van der Waals surface area contributed by atoms with E-state index in [0.717, 1.165) is 37.4 Å². The second-order valence-corrected chi connectivity index (χ2v) is 5.94. The van der Waals surface area contributed by atoms with E-state index in [0.29, 0.717) is 17.9 Å². The van der Waals surface area contributed by atoms with Crippen LogP contribution in [-0.4, -0.2) is 16.2 Å². The van der Waals surface area contributed by atoms with E-state index >= 15 is 0 Å². The number of aromatic nitrogens is 2. The molecule has 0 unspecified atom stereocenters. The van der Waals surface area contributed by atoms with Gasteiger partial charge in [0.25, 0.3) is 0 Å². The van der Waals surface area contributed by atoms with Gasteiger partial charge in [-0.1, -0.05) is 24.4 Å². The summed E-state index contributed by atoms with van der Waals surface area (Å²) in [6.07, 6.45) is 10.8. The van der Waals surface area contributed by atoms with Gasteiger partial charge in [-0.05, 0) is 38.5 Å². The molecule has 3 rings (SSSR count). The van der Waals surface area contributed by atoms with Gasteiger partial charge in [-0.3, -0.25) is 0 Å². The van der Waals surface area contributed by atoms with Gasteiger partial charge in [0.15, 0.2) is 5.82 Å². The lowest BCUT2D eigenvalue weighted by Gasteiger charge is -2.23. The van der Waals surface area contributed by atoms with Crippen LogP contribution in [0.4, 0.5) is 0 Å². The summed E-state index contributed by atoms with van der Waals surface area (Å²) in [7, 11) is 0. The number of nitrogens with two attached hydrogens (primary N) is 1. The van der Waals surface area contributed by atoms with Crippen molar-refractivity contribution < 1.29 is 4.52 Å². The highest BCUT2D eigenvalue weighted by Gasteiger charge is 2.27. The average Bonchev–Trinajstić information content (AvgIpc) is 2.90. The summed E-state index contributed by atoms with van der Waals surface area (Å²) in [5, 5.41) is 4.22. The maximum absolute atomic E-state index is 5.93. The quantitative estimate of drug-likeness (QED) is 0.874. The molecule has 1 aromatic heterocycles. The van der Waals surface area contributed by atoms with Gasteiger partial charge >= 0.3 is 0 Å². The standard InChI is InChI=1S/C14H23N3O/c15-12-8-6-11(7-9-12)14-16-13(17-18-14)10-4-2-1-3-5-10/h10-12H,1-9,15H2. The van der Waals surface area contributed by atoms with Gasteiger partial charge in [-0.15, -0.1) is 0 Å². The van der Waals surface area contributed by atoms with E-state index < -0.39 is 0 Å². The van der Waals surface area contributed by atoms with E-state index in [9.17, 15) is 0 Å². The summed E-state index contributed by atoms with van der Waals surface area (Å²) < 4.78 is 5.49. The van der Waals surface area contributed by atoms with Crippen LogP contribution in [0.5, 0.6) is 0 Å². The highest BCUT2D eigenvalue weighted by atomic mass is 16.5. The van der Waals surface area contributed by atoms with Crippen LogP contribution in [-0.2, 0) is 0 Å². The minimum atomic E-state index is 0.377. The molecule has 4 heteroatoms. The first-order valence-corrected chi connectivity index (χ1v) is 7.42. The molecule has 0 atom stereocenters. The number of rotatable bonds is 2. The minimum absolute atomic E-state index is 0.377. The van der Waals surface area contributed by atoms with Gasteiger partial charge < -0.3 is 10.3 Å². The van der Waals surface area contributed by atoms with Crippen LogP contribution in [0.1, 0.15) is 81.3 Å². The topological polar surface area (TPSA) is 64.9 Å². The van der Waals surface area contributed by atoms with Gasteiger partial charge in [-0.2, -0.15) is 4.98 Å². The number of hydrogen-bond acceptors (Lipinski definition) is 4. The van der Waals surface area contributed by atoms with E-state index in [1.165, 1.54) is 32.1 Å². The SMILES string of the molecule is NC1CCC(c2nc(C3CCCCC3)no2)CC1. The van der Waals surface area contributed by atoms with E-state index in [-0.39, 0.29) is 0 Å². The Morgan fingerprint density at radius 3 is 2.33 bits per heavy atom. The third kappa shape index (κ3) is 2.58. The fourth-order valence-corrected chi connectivity index (χ4v) is 3.31. The number of nitrogens with zero attached hydrogens (tertiary/aromatic N) is 2. The van der Waals surface area contributed by atoms with Crippen LogP contribution in [0.15, 0.2) is 4.52 Å². The molecule has 0 spiro atoms. The molecule has 18 heavy (non-hydrogen) atoms. The van der Waals surface area contributed by atoms with Crippen LogP contribution in [0.2, 0.25) is 0 Å². The zero-order valence-electron chi connectivity index (χ0n) is 11.0. The van der Waals surface area contributed by atoms with Crippen LogP contribution in [0, 0.1) is 0 Å². The molecule has 2 saturated carbocycles. The molecule has 1 heterocycles. The maximum atomic E-state index is 5.93. The predicted octanol–water partition coefficient (Wildman–Crippen LogP) is 3.10. The van der Waals surface area contributed by atoms with Crippen molar-refractivity contribution in [3.8, 4) is 0 Å². The van der Waals surface area contributed by atoms with Crippen molar-refractivity contribution in [1.82, 2.24) is 10.1 Å². The Morgan fingerprint density at radius 1 is 0.889 bits per heavy atom. The monoisotopic (exact) mass is 249 g/mol. The normalized spacial score (nSPS) is 30.5. The number of hydrogen-bond donors (Lipinski definition) is 1. The molecular formula is C14H23N3O. The molecule has 0 bridgehead atoms. The van der Waals surface area contributed by atoms with E-state index in [1.54, 1.807) is 0 Å². The van der Waals surface area contributed by atoms with E-state index in [2.05, 4.69) is 10.1 Å². The summed E-state index contributed by atoms with van der Waals surface area (Å²) >= 11 is 0. The maximum Gasteiger partial charge on any atom is 0.229 e. The summed E-state index contributed by atoms with van der Waals surface area (Å²) in [5.74, 6) is 2.82. The third-order valence-corrected chi connectivity index (χ3v) is 4.55. The highest BCUT2D eigenvalue weighted by molar-refractivity contribution is 5.01. The molecule has 1 aromatic rings. The van der Waals surface area contributed by atoms with Gasteiger partial charge in [0.1, 0.15) is 0 Å². The van der Waals surface area contributed by atoms with Crippen molar-refractivity contribution >= 4 is 0 Å². The Balaban J connectivity index is 1.65. The van der Waals surface area contributed by atoms with Crippen LogP contribution in [0.3, 0.4) is 0 Å². The fourth-order valence-electron chi connectivity index (χ4n) is 3.31. The van der Waals surface area contributed by atoms with Crippen molar-refractivity contribution in [3.05, 3.63) is 11.7 Å². The lowest BCUT2D eigenvalue weighted by Crippen LogP contribution is -2.25. The fraction of sp³-hybridized carbons (Fsp3) is 0.857. The third-order valence-electron chi connectivity index (χ3n) is 4.55. The molecular weight excluding hydrogens is 226 g/mol. The van der Waals surface area contributed by atoms with Crippen molar-refractivity contribution in [2.24, 2.45) is 5.73 Å². The van der Waals surface area contributed by atoms with Crippen molar-refractivity contribution in [3.63, 3.8) is 0 Å². The summed E-state index contributed by atoms with van der Waals surface area (Å²) in [4.78, 5) is 4.66. The summed E-state index contributed by atoms with van der Waals surface area (Å²) in [5.41, 5.74) is 5.93. The Bertz CT molecular complexity index is 376. The first kappa shape index (κ1) is 12.2. The van der Waals surface area contributed by atoms with Crippen molar-refractivity contribution in [1.29, 1.82) is 0 Å². The first-order valence-electron chi connectivity index (χ1n) is 7.42. The molecule has 2 N–H and O–H groups in total. The molecule has 0 amide bonds. The van der Waals surface area contributed by atoms with E-state index in [4.69, 9.17) is 10.3 Å². The molecule has 0 saturated heterocycles. The first-order chi connectivity index (χ1) is 8.83. The molecule has 0 radical (unpaired) electrons. The zero-order chi connectivity index (χ0) is 12.4. The summed E-state index contributed by atoms with van der Waals surface area (Å²) in [6.45, 7) is 0. The second-order valence-electron chi connectivity index (χ2n) is 5.94. The molecule has 2 aliphatic rings. The van der Waals surface area contributed by atoms with Crippen LogP contribution >= 0.6 is 0 Å². The van der Waals surface area contributed by atoms with Gasteiger partial charge in [0.05, 0.1) is 0 Å². The van der Waals surface area contributed by atoms with Crippen LogP contribution in [0.25, 0.3) is 0 Å². The van der Waals surface area contributed by atoms with Crippen molar-refractivity contribution in [2.75, 3.05) is 0 Å². The lowest BCUT2D eigenvalue weighted by molar-refractivity contribution is 0.297.